The van der Waals surface area contributed by atoms with Crippen LogP contribution in [-0.4, -0.2) is 29.9 Å². The van der Waals surface area contributed by atoms with E-state index in [0.29, 0.717) is 6.54 Å². The van der Waals surface area contributed by atoms with E-state index in [1.807, 2.05) is 33.9 Å². The fourth-order valence-electron chi connectivity index (χ4n) is 2.15. The van der Waals surface area contributed by atoms with Gasteiger partial charge >= 0.3 is 0 Å². The number of rotatable bonds is 5. The number of nitrogens with zero attached hydrogens (tertiary/aromatic N) is 1. The molecule has 1 rings (SSSR count). The summed E-state index contributed by atoms with van der Waals surface area (Å²) in [7, 11) is 1.85. The van der Waals surface area contributed by atoms with Crippen molar-refractivity contribution in [2.75, 3.05) is 13.6 Å². The molecule has 0 bridgehead atoms. The van der Waals surface area contributed by atoms with Crippen LogP contribution in [-0.2, 0) is 11.3 Å². The molecule has 1 aromatic carbocycles. The van der Waals surface area contributed by atoms with Crippen molar-refractivity contribution in [3.05, 3.63) is 35.4 Å². The zero-order valence-corrected chi connectivity index (χ0v) is 12.1. The molecule has 0 saturated heterocycles. The molecule has 0 saturated carbocycles. The van der Waals surface area contributed by atoms with Crippen LogP contribution < -0.4 is 5.32 Å². The number of nitrogens with one attached hydrogen (secondary N) is 1. The molecule has 3 heteroatoms. The average Bonchev–Trinajstić information content (AvgIpc) is 2.27. The highest BCUT2D eigenvalue weighted by molar-refractivity contribution is 5.85. The molecule has 0 aromatic heterocycles. The van der Waals surface area contributed by atoms with Gasteiger partial charge in [0.25, 0.3) is 0 Å². The van der Waals surface area contributed by atoms with Crippen LogP contribution in [0.3, 0.4) is 0 Å². The number of hydrogen-bond donors (Lipinski definition) is 1. The molecule has 0 heterocycles. The van der Waals surface area contributed by atoms with E-state index in [0.717, 1.165) is 12.1 Å². The molecule has 0 fully saturated rings. The lowest BCUT2D eigenvalue weighted by Gasteiger charge is -2.30. The Morgan fingerprint density at radius 1 is 1.39 bits per heavy atom. The second kappa shape index (κ2) is 6.01. The Labute approximate surface area is 110 Å². The van der Waals surface area contributed by atoms with Crippen LogP contribution in [0, 0.1) is 6.92 Å². The normalized spacial score (nSPS) is 11.4. The summed E-state index contributed by atoms with van der Waals surface area (Å²) in [5.74, 6) is 0.117. The zero-order chi connectivity index (χ0) is 13.8. The first-order valence-electron chi connectivity index (χ1n) is 6.43. The maximum absolute atomic E-state index is 12.3. The Hall–Kier alpha value is -1.35. The highest BCUT2D eigenvalue weighted by Crippen LogP contribution is 2.11. The van der Waals surface area contributed by atoms with Gasteiger partial charge < -0.3 is 10.2 Å². The van der Waals surface area contributed by atoms with Gasteiger partial charge in [0.1, 0.15) is 0 Å². The standard InChI is InChI=1S/C15H24N2O/c1-6-16-15(3,4)14(18)17(5)11-13-9-7-8-12(2)10-13/h7-10,16H,6,11H2,1-5H3. The van der Waals surface area contributed by atoms with E-state index in [1.165, 1.54) is 5.56 Å². The average molecular weight is 248 g/mol. The van der Waals surface area contributed by atoms with Gasteiger partial charge in [-0.15, -0.1) is 0 Å². The van der Waals surface area contributed by atoms with Crippen LogP contribution in [0.2, 0.25) is 0 Å². The zero-order valence-electron chi connectivity index (χ0n) is 12.1. The second-order valence-corrected chi connectivity index (χ2v) is 5.31. The van der Waals surface area contributed by atoms with E-state index in [4.69, 9.17) is 0 Å². The Bertz CT molecular complexity index is 413. The van der Waals surface area contributed by atoms with Crippen LogP contribution in [0.5, 0.6) is 0 Å². The van der Waals surface area contributed by atoms with Crippen LogP contribution in [0.15, 0.2) is 24.3 Å². The van der Waals surface area contributed by atoms with E-state index in [2.05, 4.69) is 30.4 Å². The lowest BCUT2D eigenvalue weighted by molar-refractivity contribution is -0.136. The molecule has 1 amide bonds. The number of carbonyl (C=O) groups excluding carboxylic acids is 1. The van der Waals surface area contributed by atoms with Gasteiger partial charge in [-0.05, 0) is 32.9 Å². The molecule has 0 atom stereocenters. The van der Waals surface area contributed by atoms with Crippen molar-refractivity contribution >= 4 is 5.91 Å². The Kier molecular flexibility index (Phi) is 4.91. The summed E-state index contributed by atoms with van der Waals surface area (Å²) >= 11 is 0. The first-order chi connectivity index (χ1) is 8.36. The molecule has 0 aliphatic heterocycles. The number of likely N-dealkylation sites (N-methyl/N-ethyl adjacent to an activating group) is 2. The topological polar surface area (TPSA) is 32.3 Å². The smallest absolute Gasteiger partial charge is 0.242 e. The molecule has 0 aliphatic rings. The number of aryl methyl sites for hydroxylation is 1. The molecule has 0 radical (unpaired) electrons. The number of benzene rings is 1. The van der Waals surface area contributed by atoms with Gasteiger partial charge in [0, 0.05) is 13.6 Å². The van der Waals surface area contributed by atoms with Crippen molar-refractivity contribution in [1.82, 2.24) is 10.2 Å². The van der Waals surface area contributed by atoms with Crippen molar-refractivity contribution < 1.29 is 4.79 Å². The van der Waals surface area contributed by atoms with Gasteiger partial charge in [0.2, 0.25) is 5.91 Å². The second-order valence-electron chi connectivity index (χ2n) is 5.31. The van der Waals surface area contributed by atoms with Gasteiger partial charge in [0.15, 0.2) is 0 Å². The maximum Gasteiger partial charge on any atom is 0.242 e. The molecule has 0 unspecified atom stereocenters. The molecular formula is C15H24N2O. The maximum atomic E-state index is 12.3. The predicted octanol–water partition coefficient (Wildman–Crippen LogP) is 2.34. The van der Waals surface area contributed by atoms with Crippen molar-refractivity contribution in [3.63, 3.8) is 0 Å². The Balaban J connectivity index is 2.71. The van der Waals surface area contributed by atoms with E-state index in [1.54, 1.807) is 4.90 Å². The molecule has 3 nitrogen and oxygen atoms in total. The lowest BCUT2D eigenvalue weighted by Crippen LogP contribution is -2.52. The van der Waals surface area contributed by atoms with Crippen molar-refractivity contribution in [3.8, 4) is 0 Å². The van der Waals surface area contributed by atoms with Crippen molar-refractivity contribution in [1.29, 1.82) is 0 Å². The summed E-state index contributed by atoms with van der Waals surface area (Å²) in [5.41, 5.74) is 1.88. The number of hydrogen-bond acceptors (Lipinski definition) is 2. The minimum absolute atomic E-state index is 0.117. The number of amides is 1. The van der Waals surface area contributed by atoms with Crippen molar-refractivity contribution in [2.24, 2.45) is 0 Å². The fourth-order valence-corrected chi connectivity index (χ4v) is 2.15. The molecule has 1 aromatic rings. The van der Waals surface area contributed by atoms with Gasteiger partial charge in [-0.2, -0.15) is 0 Å². The monoisotopic (exact) mass is 248 g/mol. The van der Waals surface area contributed by atoms with Gasteiger partial charge in [-0.1, -0.05) is 36.8 Å². The van der Waals surface area contributed by atoms with E-state index >= 15 is 0 Å². The third-order valence-electron chi connectivity index (χ3n) is 3.00. The Morgan fingerprint density at radius 2 is 2.06 bits per heavy atom. The first kappa shape index (κ1) is 14.7. The molecule has 18 heavy (non-hydrogen) atoms. The van der Waals surface area contributed by atoms with Crippen LogP contribution in [0.4, 0.5) is 0 Å². The summed E-state index contributed by atoms with van der Waals surface area (Å²) in [6, 6.07) is 8.26. The van der Waals surface area contributed by atoms with Crippen LogP contribution >= 0.6 is 0 Å². The van der Waals surface area contributed by atoms with Crippen LogP contribution in [0.1, 0.15) is 31.9 Å². The molecule has 0 aliphatic carbocycles. The number of carbonyl (C=O) groups is 1. The molecule has 0 spiro atoms. The summed E-state index contributed by atoms with van der Waals surface area (Å²) in [6.45, 7) is 9.35. The summed E-state index contributed by atoms with van der Waals surface area (Å²) in [4.78, 5) is 14.1. The van der Waals surface area contributed by atoms with Gasteiger partial charge in [-0.25, -0.2) is 0 Å². The third-order valence-corrected chi connectivity index (χ3v) is 3.00. The van der Waals surface area contributed by atoms with Crippen LogP contribution in [0.25, 0.3) is 0 Å². The van der Waals surface area contributed by atoms with E-state index < -0.39 is 5.54 Å². The largest absolute Gasteiger partial charge is 0.340 e. The highest BCUT2D eigenvalue weighted by atomic mass is 16.2. The van der Waals surface area contributed by atoms with E-state index in [-0.39, 0.29) is 5.91 Å². The lowest BCUT2D eigenvalue weighted by atomic mass is 10.0. The predicted molar refractivity (Wildman–Crippen MR) is 75.4 cm³/mol. The van der Waals surface area contributed by atoms with Gasteiger partial charge in [0.05, 0.1) is 5.54 Å². The molecular weight excluding hydrogens is 224 g/mol. The molecule has 100 valence electrons. The Morgan fingerprint density at radius 3 is 2.61 bits per heavy atom. The van der Waals surface area contributed by atoms with Gasteiger partial charge in [-0.3, -0.25) is 4.79 Å². The van der Waals surface area contributed by atoms with E-state index in [9.17, 15) is 4.79 Å². The minimum atomic E-state index is -0.507. The first-order valence-corrected chi connectivity index (χ1v) is 6.43. The molecule has 1 N–H and O–H groups in total. The SMILES string of the molecule is CCNC(C)(C)C(=O)N(C)Cc1cccc(C)c1. The fraction of sp³-hybridized carbons (Fsp3) is 0.533. The minimum Gasteiger partial charge on any atom is -0.340 e. The highest BCUT2D eigenvalue weighted by Gasteiger charge is 2.29. The summed E-state index contributed by atoms with van der Waals surface area (Å²) in [6.07, 6.45) is 0. The summed E-state index contributed by atoms with van der Waals surface area (Å²) in [5, 5.41) is 3.21. The van der Waals surface area contributed by atoms with Crippen molar-refractivity contribution in [2.45, 2.75) is 39.8 Å². The quantitative estimate of drug-likeness (QED) is 0.867. The third kappa shape index (κ3) is 3.84. The summed E-state index contributed by atoms with van der Waals surface area (Å²) < 4.78 is 0.